The van der Waals surface area contributed by atoms with Gasteiger partial charge in [0, 0.05) is 0 Å². The minimum Gasteiger partial charge on any atom is -0.488 e. The van der Waals surface area contributed by atoms with Crippen molar-refractivity contribution in [3.8, 4) is 5.75 Å². The number of nitrogens with one attached hydrogen (secondary N) is 1. The molecule has 26 heavy (non-hydrogen) atoms. The maximum atomic E-state index is 12.4. The van der Waals surface area contributed by atoms with Crippen LogP contribution in [0.15, 0.2) is 59.1 Å². The van der Waals surface area contributed by atoms with E-state index in [2.05, 4.69) is 10.6 Å². The number of hydrogen-bond donors (Lipinski definition) is 1. The molecule has 0 bridgehead atoms. The predicted molar refractivity (Wildman–Crippen MR) is 95.4 cm³/mol. The molecule has 0 saturated carbocycles. The fraction of sp³-hybridized carbons (Fsp3) is 0.200. The number of amides is 1. The molecule has 3 aromatic rings. The van der Waals surface area contributed by atoms with Gasteiger partial charge in [0.05, 0.1) is 23.4 Å². The van der Waals surface area contributed by atoms with Crippen molar-refractivity contribution in [1.82, 2.24) is 10.6 Å². The number of aromatic nitrogens is 1. The van der Waals surface area contributed by atoms with Crippen molar-refractivity contribution < 1.29 is 18.9 Å². The number of carbonyl (C=O) groups excluding carboxylic acids is 1. The fourth-order valence-corrected chi connectivity index (χ4v) is 2.45. The van der Waals surface area contributed by atoms with E-state index in [4.69, 9.17) is 14.1 Å². The molecule has 0 aliphatic rings. The van der Waals surface area contributed by atoms with Crippen LogP contribution in [0.25, 0.3) is 0 Å². The van der Waals surface area contributed by atoms with Gasteiger partial charge in [-0.3, -0.25) is 9.63 Å². The van der Waals surface area contributed by atoms with Crippen LogP contribution in [0.5, 0.6) is 5.75 Å². The highest BCUT2D eigenvalue weighted by Crippen LogP contribution is 2.21. The Balaban J connectivity index is 1.61. The minimum absolute atomic E-state index is 0.274. The third-order valence-electron chi connectivity index (χ3n) is 3.93. The van der Waals surface area contributed by atoms with Crippen LogP contribution in [0.4, 0.5) is 0 Å². The summed E-state index contributed by atoms with van der Waals surface area (Å²) in [5.74, 6) is 0.805. The lowest BCUT2D eigenvalue weighted by molar-refractivity contribution is 0.0230. The summed E-state index contributed by atoms with van der Waals surface area (Å²) in [5, 5.41) is 3.90. The SMILES string of the molecule is Cc1noc(C)c1COc1ccccc1C(=O)NOCc1ccccc1. The number of carbonyl (C=O) groups is 1. The number of hydroxylamine groups is 1. The lowest BCUT2D eigenvalue weighted by Crippen LogP contribution is -2.24. The zero-order valence-corrected chi connectivity index (χ0v) is 14.7. The molecular formula is C20H20N2O4. The van der Waals surface area contributed by atoms with E-state index in [1.54, 1.807) is 18.2 Å². The zero-order chi connectivity index (χ0) is 18.4. The Morgan fingerprint density at radius 2 is 1.77 bits per heavy atom. The summed E-state index contributed by atoms with van der Waals surface area (Å²) in [7, 11) is 0. The number of benzene rings is 2. The Morgan fingerprint density at radius 1 is 1.04 bits per heavy atom. The summed E-state index contributed by atoms with van der Waals surface area (Å²) in [6.07, 6.45) is 0. The number of hydrogen-bond acceptors (Lipinski definition) is 5. The molecule has 6 heteroatoms. The van der Waals surface area contributed by atoms with Crippen LogP contribution < -0.4 is 10.2 Å². The summed E-state index contributed by atoms with van der Waals surface area (Å²) >= 11 is 0. The van der Waals surface area contributed by atoms with Crippen molar-refractivity contribution in [2.45, 2.75) is 27.1 Å². The van der Waals surface area contributed by atoms with Crippen molar-refractivity contribution in [2.24, 2.45) is 0 Å². The van der Waals surface area contributed by atoms with Gasteiger partial charge < -0.3 is 9.26 Å². The Hall–Kier alpha value is -3.12. The summed E-state index contributed by atoms with van der Waals surface area (Å²) < 4.78 is 10.9. The third-order valence-corrected chi connectivity index (χ3v) is 3.93. The fourth-order valence-electron chi connectivity index (χ4n) is 2.45. The first kappa shape index (κ1) is 17.7. The van der Waals surface area contributed by atoms with Crippen molar-refractivity contribution >= 4 is 5.91 Å². The molecule has 1 heterocycles. The van der Waals surface area contributed by atoms with Gasteiger partial charge in [-0.2, -0.15) is 0 Å². The van der Waals surface area contributed by atoms with E-state index in [1.165, 1.54) is 0 Å². The maximum absolute atomic E-state index is 12.4. The van der Waals surface area contributed by atoms with Gasteiger partial charge in [0.1, 0.15) is 18.1 Å². The van der Waals surface area contributed by atoms with Gasteiger partial charge in [-0.05, 0) is 31.5 Å². The van der Waals surface area contributed by atoms with E-state index in [-0.39, 0.29) is 19.1 Å². The number of para-hydroxylation sites is 1. The quantitative estimate of drug-likeness (QED) is 0.656. The Bertz CT molecular complexity index is 855. The largest absolute Gasteiger partial charge is 0.488 e. The molecule has 0 aliphatic heterocycles. The first-order chi connectivity index (χ1) is 12.6. The van der Waals surface area contributed by atoms with Crippen LogP contribution in [-0.2, 0) is 18.1 Å². The average molecular weight is 352 g/mol. The van der Waals surface area contributed by atoms with Crippen molar-refractivity contribution in [3.63, 3.8) is 0 Å². The molecule has 2 aromatic carbocycles. The van der Waals surface area contributed by atoms with E-state index < -0.39 is 0 Å². The zero-order valence-electron chi connectivity index (χ0n) is 14.7. The molecule has 0 atom stereocenters. The second-order valence-corrected chi connectivity index (χ2v) is 5.79. The van der Waals surface area contributed by atoms with Crippen molar-refractivity contribution in [2.75, 3.05) is 0 Å². The van der Waals surface area contributed by atoms with E-state index in [0.717, 1.165) is 16.8 Å². The Labute approximate surface area is 151 Å². The molecule has 0 radical (unpaired) electrons. The second-order valence-electron chi connectivity index (χ2n) is 5.79. The standard InChI is InChI=1S/C20H20N2O4/c1-14-18(15(2)26-21-14)13-24-19-11-7-6-10-17(19)20(23)22-25-12-16-8-4-3-5-9-16/h3-11H,12-13H2,1-2H3,(H,22,23). The van der Waals surface area contributed by atoms with Gasteiger partial charge in [0.25, 0.3) is 5.91 Å². The smallest absolute Gasteiger partial charge is 0.278 e. The number of rotatable bonds is 7. The lowest BCUT2D eigenvalue weighted by Gasteiger charge is -2.11. The third kappa shape index (κ3) is 4.29. The molecule has 3 rings (SSSR count). The highest BCUT2D eigenvalue weighted by molar-refractivity contribution is 5.96. The first-order valence-electron chi connectivity index (χ1n) is 8.25. The highest BCUT2D eigenvalue weighted by atomic mass is 16.6. The average Bonchev–Trinajstić information content (AvgIpc) is 2.99. The summed E-state index contributed by atoms with van der Waals surface area (Å²) in [5.41, 5.74) is 5.47. The van der Waals surface area contributed by atoms with Crippen LogP contribution in [0.3, 0.4) is 0 Å². The second kappa shape index (κ2) is 8.31. The molecule has 0 spiro atoms. The summed E-state index contributed by atoms with van der Waals surface area (Å²) in [6.45, 7) is 4.24. The number of aryl methyl sites for hydroxylation is 2. The van der Waals surface area contributed by atoms with E-state index in [9.17, 15) is 4.79 Å². The van der Waals surface area contributed by atoms with Gasteiger partial charge >= 0.3 is 0 Å². The topological polar surface area (TPSA) is 73.6 Å². The maximum Gasteiger partial charge on any atom is 0.278 e. The van der Waals surface area contributed by atoms with Gasteiger partial charge in [0.2, 0.25) is 0 Å². The number of ether oxygens (including phenoxy) is 1. The van der Waals surface area contributed by atoms with Crippen molar-refractivity contribution in [1.29, 1.82) is 0 Å². The van der Waals surface area contributed by atoms with E-state index in [1.807, 2.05) is 50.2 Å². The van der Waals surface area contributed by atoms with Crippen LogP contribution >= 0.6 is 0 Å². The van der Waals surface area contributed by atoms with E-state index >= 15 is 0 Å². The minimum atomic E-state index is -0.365. The highest BCUT2D eigenvalue weighted by Gasteiger charge is 2.15. The molecule has 1 amide bonds. The Kier molecular flexibility index (Phi) is 5.66. The van der Waals surface area contributed by atoms with Crippen LogP contribution in [0.1, 0.15) is 32.9 Å². The number of nitrogens with zero attached hydrogens (tertiary/aromatic N) is 1. The summed E-state index contributed by atoms with van der Waals surface area (Å²) in [6, 6.07) is 16.6. The molecular weight excluding hydrogens is 332 g/mol. The van der Waals surface area contributed by atoms with Crippen LogP contribution in [0.2, 0.25) is 0 Å². The van der Waals surface area contributed by atoms with Crippen LogP contribution in [0, 0.1) is 13.8 Å². The normalized spacial score (nSPS) is 10.5. The summed E-state index contributed by atoms with van der Waals surface area (Å²) in [4.78, 5) is 17.7. The Morgan fingerprint density at radius 3 is 2.50 bits per heavy atom. The lowest BCUT2D eigenvalue weighted by atomic mass is 10.2. The monoisotopic (exact) mass is 352 g/mol. The molecule has 134 valence electrons. The molecule has 0 fully saturated rings. The molecule has 0 aliphatic carbocycles. The van der Waals surface area contributed by atoms with Gasteiger partial charge in [-0.25, -0.2) is 5.48 Å². The van der Waals surface area contributed by atoms with Gasteiger partial charge in [0.15, 0.2) is 0 Å². The van der Waals surface area contributed by atoms with Crippen molar-refractivity contribution in [3.05, 3.63) is 82.7 Å². The molecule has 1 N–H and O–H groups in total. The predicted octanol–water partition coefficient (Wildman–Crippen LogP) is 3.73. The first-order valence-corrected chi connectivity index (χ1v) is 8.25. The van der Waals surface area contributed by atoms with Crippen LogP contribution in [-0.4, -0.2) is 11.1 Å². The molecule has 0 saturated heterocycles. The van der Waals surface area contributed by atoms with Gasteiger partial charge in [-0.1, -0.05) is 47.6 Å². The molecule has 0 unspecified atom stereocenters. The molecule has 1 aromatic heterocycles. The van der Waals surface area contributed by atoms with E-state index in [0.29, 0.717) is 17.1 Å². The molecule has 6 nitrogen and oxygen atoms in total. The van der Waals surface area contributed by atoms with Gasteiger partial charge in [-0.15, -0.1) is 0 Å².